The first kappa shape index (κ1) is 22.4. The highest BCUT2D eigenvalue weighted by Crippen LogP contribution is 2.28. The molecule has 162 valence electrons. The Hall–Kier alpha value is -2.26. The quantitative estimate of drug-likeness (QED) is 0.601. The summed E-state index contributed by atoms with van der Waals surface area (Å²) in [5.41, 5.74) is 0.780. The van der Waals surface area contributed by atoms with Crippen molar-refractivity contribution in [2.24, 2.45) is 5.92 Å². The normalized spacial score (nSPS) is 17.8. The molecule has 0 radical (unpaired) electrons. The topological polar surface area (TPSA) is 80.8 Å². The molecule has 1 aromatic heterocycles. The fraction of sp³-hybridized carbons (Fsp3) is 0.429. The molecular formula is C21H24FNO5S2. The van der Waals surface area contributed by atoms with E-state index in [4.69, 9.17) is 4.74 Å². The number of esters is 1. The summed E-state index contributed by atoms with van der Waals surface area (Å²) in [5.74, 6) is -1.18. The zero-order valence-corrected chi connectivity index (χ0v) is 18.5. The minimum Gasteiger partial charge on any atom is -0.451 e. The van der Waals surface area contributed by atoms with Gasteiger partial charge >= 0.3 is 5.97 Å². The molecular weight excluding hydrogens is 429 g/mol. The Morgan fingerprint density at radius 2 is 1.90 bits per heavy atom. The number of ether oxygens (including phenoxy) is 1. The lowest BCUT2D eigenvalue weighted by atomic mass is 10.1. The maximum absolute atomic E-state index is 13.1. The van der Waals surface area contributed by atoms with E-state index in [9.17, 15) is 22.4 Å². The molecule has 3 rings (SSSR count). The van der Waals surface area contributed by atoms with Crippen LogP contribution in [0.5, 0.6) is 0 Å². The van der Waals surface area contributed by atoms with Crippen molar-refractivity contribution in [1.29, 1.82) is 0 Å². The van der Waals surface area contributed by atoms with E-state index in [0.717, 1.165) is 10.4 Å². The van der Waals surface area contributed by atoms with Crippen LogP contribution in [0.4, 0.5) is 4.39 Å². The molecule has 6 nitrogen and oxygen atoms in total. The summed E-state index contributed by atoms with van der Waals surface area (Å²) in [6.45, 7) is 3.85. The van der Waals surface area contributed by atoms with Gasteiger partial charge in [-0.25, -0.2) is 17.6 Å². The van der Waals surface area contributed by atoms with Gasteiger partial charge in [-0.15, -0.1) is 11.3 Å². The Labute approximate surface area is 179 Å². The maximum Gasteiger partial charge on any atom is 0.348 e. The van der Waals surface area contributed by atoms with Gasteiger partial charge < -0.3 is 9.64 Å². The molecule has 1 fully saturated rings. The van der Waals surface area contributed by atoms with Crippen molar-refractivity contribution >= 4 is 33.1 Å². The van der Waals surface area contributed by atoms with Gasteiger partial charge in [0.05, 0.1) is 11.5 Å². The monoisotopic (exact) mass is 453 g/mol. The largest absolute Gasteiger partial charge is 0.451 e. The fourth-order valence-corrected chi connectivity index (χ4v) is 6.00. The zero-order valence-electron chi connectivity index (χ0n) is 16.8. The molecule has 0 bridgehead atoms. The van der Waals surface area contributed by atoms with Gasteiger partial charge in [0.25, 0.3) is 5.91 Å². The summed E-state index contributed by atoms with van der Waals surface area (Å²) < 4.78 is 41.9. The molecule has 2 heterocycles. The van der Waals surface area contributed by atoms with Crippen LogP contribution < -0.4 is 0 Å². The van der Waals surface area contributed by atoms with Crippen LogP contribution in [0.2, 0.25) is 0 Å². The second kappa shape index (κ2) is 9.26. The number of hydrogen-bond donors (Lipinski definition) is 0. The Balaban J connectivity index is 1.62. The van der Waals surface area contributed by atoms with Gasteiger partial charge in [0.15, 0.2) is 16.4 Å². The summed E-state index contributed by atoms with van der Waals surface area (Å²) >= 11 is 1.19. The van der Waals surface area contributed by atoms with Crippen molar-refractivity contribution < 1.29 is 27.1 Å². The van der Waals surface area contributed by atoms with E-state index in [1.165, 1.54) is 28.4 Å². The second-order valence-corrected chi connectivity index (χ2v) is 11.1. The highest BCUT2D eigenvalue weighted by atomic mass is 32.2. The van der Waals surface area contributed by atoms with E-state index in [-0.39, 0.29) is 29.3 Å². The van der Waals surface area contributed by atoms with Crippen molar-refractivity contribution in [3.8, 4) is 10.4 Å². The van der Waals surface area contributed by atoms with Gasteiger partial charge in [-0.05, 0) is 42.2 Å². The van der Waals surface area contributed by atoms with Crippen LogP contribution in [0.15, 0.2) is 36.4 Å². The average Bonchev–Trinajstić information content (AvgIpc) is 3.31. The van der Waals surface area contributed by atoms with E-state index in [0.29, 0.717) is 17.8 Å². The SMILES string of the molecule is CC(C)CN(C(=O)COC(=O)c1ccc(-c2ccc(F)cc2)s1)C1CCS(=O)(=O)C1. The maximum atomic E-state index is 13.1. The van der Waals surface area contributed by atoms with E-state index in [2.05, 4.69) is 0 Å². The number of sulfone groups is 1. The standard InChI is InChI=1S/C21H24FNO5S2/c1-14(2)11-23(17-9-10-30(26,27)13-17)20(24)12-28-21(25)19-8-7-18(29-19)15-3-5-16(22)6-4-15/h3-8,14,17H,9-13H2,1-2H3. The van der Waals surface area contributed by atoms with Gasteiger partial charge in [-0.2, -0.15) is 0 Å². The molecule has 0 aliphatic carbocycles. The summed E-state index contributed by atoms with van der Waals surface area (Å²) in [6.07, 6.45) is 0.403. The van der Waals surface area contributed by atoms with Gasteiger partial charge in [-0.3, -0.25) is 4.79 Å². The molecule has 0 N–H and O–H groups in total. The lowest BCUT2D eigenvalue weighted by Gasteiger charge is -2.29. The highest BCUT2D eigenvalue weighted by molar-refractivity contribution is 7.91. The van der Waals surface area contributed by atoms with Crippen LogP contribution in [-0.4, -0.2) is 55.9 Å². The predicted molar refractivity (Wildman–Crippen MR) is 114 cm³/mol. The third-order valence-corrected chi connectivity index (χ3v) is 7.66. The Morgan fingerprint density at radius 3 is 2.50 bits per heavy atom. The van der Waals surface area contributed by atoms with Crippen LogP contribution in [-0.2, 0) is 19.4 Å². The minimum atomic E-state index is -3.13. The van der Waals surface area contributed by atoms with Gasteiger partial charge in [-0.1, -0.05) is 26.0 Å². The number of carbonyl (C=O) groups excluding carboxylic acids is 2. The molecule has 1 saturated heterocycles. The van der Waals surface area contributed by atoms with E-state index in [1.807, 2.05) is 13.8 Å². The third-order valence-electron chi connectivity index (χ3n) is 4.79. The Morgan fingerprint density at radius 1 is 1.20 bits per heavy atom. The number of rotatable bonds is 7. The lowest BCUT2D eigenvalue weighted by Crippen LogP contribution is -2.45. The molecule has 9 heteroatoms. The Kier molecular flexibility index (Phi) is 6.92. The molecule has 2 aromatic rings. The summed E-state index contributed by atoms with van der Waals surface area (Å²) in [7, 11) is -3.13. The molecule has 30 heavy (non-hydrogen) atoms. The fourth-order valence-electron chi connectivity index (χ4n) is 3.37. The molecule has 1 atom stereocenters. The molecule has 1 aliphatic rings. The van der Waals surface area contributed by atoms with Crippen LogP contribution in [0.3, 0.4) is 0 Å². The first-order chi connectivity index (χ1) is 14.1. The number of nitrogens with zero attached hydrogens (tertiary/aromatic N) is 1. The smallest absolute Gasteiger partial charge is 0.348 e. The molecule has 1 amide bonds. The van der Waals surface area contributed by atoms with Crippen LogP contribution >= 0.6 is 11.3 Å². The van der Waals surface area contributed by atoms with Crippen molar-refractivity contribution in [1.82, 2.24) is 4.90 Å². The third kappa shape index (κ3) is 5.66. The molecule has 0 spiro atoms. The van der Waals surface area contributed by atoms with Gasteiger partial charge in [0.1, 0.15) is 10.7 Å². The number of carbonyl (C=O) groups is 2. The number of benzene rings is 1. The van der Waals surface area contributed by atoms with Crippen LogP contribution in [0.1, 0.15) is 29.9 Å². The van der Waals surface area contributed by atoms with Crippen molar-refractivity contribution in [2.45, 2.75) is 26.3 Å². The van der Waals surface area contributed by atoms with Crippen molar-refractivity contribution in [2.75, 3.05) is 24.7 Å². The molecule has 1 aliphatic heterocycles. The van der Waals surface area contributed by atoms with Gasteiger partial charge in [0, 0.05) is 17.5 Å². The number of thiophene rings is 1. The zero-order chi connectivity index (χ0) is 21.9. The summed E-state index contributed by atoms with van der Waals surface area (Å²) in [4.78, 5) is 27.7. The molecule has 1 aromatic carbocycles. The van der Waals surface area contributed by atoms with Crippen LogP contribution in [0.25, 0.3) is 10.4 Å². The molecule has 1 unspecified atom stereocenters. The number of amides is 1. The molecule has 0 saturated carbocycles. The Bertz CT molecular complexity index is 1010. The van der Waals surface area contributed by atoms with E-state index in [1.54, 1.807) is 24.3 Å². The number of hydrogen-bond acceptors (Lipinski definition) is 6. The van der Waals surface area contributed by atoms with Crippen LogP contribution in [0, 0.1) is 11.7 Å². The highest BCUT2D eigenvalue weighted by Gasteiger charge is 2.35. The minimum absolute atomic E-state index is 0.0502. The second-order valence-electron chi connectivity index (χ2n) is 7.74. The van der Waals surface area contributed by atoms with Gasteiger partial charge in [0.2, 0.25) is 0 Å². The van der Waals surface area contributed by atoms with Crippen molar-refractivity contribution in [3.05, 3.63) is 47.1 Å². The van der Waals surface area contributed by atoms with E-state index < -0.39 is 28.3 Å². The predicted octanol–water partition coefficient (Wildman–Crippen LogP) is 3.38. The number of halogens is 1. The summed E-state index contributed by atoms with van der Waals surface area (Å²) in [6, 6.07) is 8.90. The van der Waals surface area contributed by atoms with E-state index >= 15 is 0 Å². The average molecular weight is 454 g/mol. The summed E-state index contributed by atoms with van der Waals surface area (Å²) in [5, 5.41) is 0. The van der Waals surface area contributed by atoms with Crippen molar-refractivity contribution in [3.63, 3.8) is 0 Å². The first-order valence-corrected chi connectivity index (χ1v) is 12.3. The first-order valence-electron chi connectivity index (χ1n) is 9.67. The lowest BCUT2D eigenvalue weighted by molar-refractivity contribution is -0.137.